The SMILES string of the molecule is Cc1ccc(NC(=O)CSc2nc3scc(-c4ccccc4)c3c(=O)n2-c2ccccc2)cc1C. The lowest BCUT2D eigenvalue weighted by atomic mass is 10.1. The highest BCUT2D eigenvalue weighted by atomic mass is 32.2. The average molecular weight is 498 g/mol. The van der Waals surface area contributed by atoms with Crippen LogP contribution in [0.4, 0.5) is 5.69 Å². The molecule has 5 aromatic rings. The Labute approximate surface area is 211 Å². The van der Waals surface area contributed by atoms with Crippen LogP contribution in [0.5, 0.6) is 0 Å². The number of nitrogens with zero attached hydrogens (tertiary/aromatic N) is 2. The molecule has 0 atom stereocenters. The number of rotatable bonds is 6. The second-order valence-corrected chi connectivity index (χ2v) is 10.0. The molecule has 5 nitrogen and oxygen atoms in total. The summed E-state index contributed by atoms with van der Waals surface area (Å²) in [6, 6.07) is 25.1. The lowest BCUT2D eigenvalue weighted by Crippen LogP contribution is -2.22. The van der Waals surface area contributed by atoms with Gasteiger partial charge in [0.05, 0.1) is 16.8 Å². The van der Waals surface area contributed by atoms with Gasteiger partial charge in [0.2, 0.25) is 5.91 Å². The summed E-state index contributed by atoms with van der Waals surface area (Å²) >= 11 is 2.70. The van der Waals surface area contributed by atoms with Gasteiger partial charge in [-0.05, 0) is 54.8 Å². The van der Waals surface area contributed by atoms with Crippen molar-refractivity contribution < 1.29 is 4.79 Å². The molecule has 0 aliphatic rings. The number of aromatic nitrogens is 2. The summed E-state index contributed by atoms with van der Waals surface area (Å²) in [5.41, 5.74) is 5.48. The molecule has 2 aromatic heterocycles. The number of hydrogen-bond acceptors (Lipinski definition) is 5. The fraction of sp³-hybridized carbons (Fsp3) is 0.107. The predicted molar refractivity (Wildman–Crippen MR) is 146 cm³/mol. The van der Waals surface area contributed by atoms with Crippen molar-refractivity contribution in [2.45, 2.75) is 19.0 Å². The summed E-state index contributed by atoms with van der Waals surface area (Å²) in [4.78, 5) is 32.0. The Morgan fingerprint density at radius 1 is 0.971 bits per heavy atom. The molecule has 0 fully saturated rings. The third-order valence-corrected chi connectivity index (χ3v) is 7.61. The van der Waals surface area contributed by atoms with E-state index in [4.69, 9.17) is 4.98 Å². The van der Waals surface area contributed by atoms with Crippen LogP contribution in [0.25, 0.3) is 27.0 Å². The largest absolute Gasteiger partial charge is 0.325 e. The molecule has 1 N–H and O–H groups in total. The molecule has 0 saturated carbocycles. The van der Waals surface area contributed by atoms with E-state index in [0.717, 1.165) is 22.4 Å². The summed E-state index contributed by atoms with van der Waals surface area (Å²) in [5.74, 6) is -0.0161. The van der Waals surface area contributed by atoms with Gasteiger partial charge in [-0.1, -0.05) is 66.4 Å². The number of para-hydroxylation sites is 1. The number of fused-ring (bicyclic) bond motifs is 1. The fourth-order valence-corrected chi connectivity index (χ4v) is 5.65. The molecule has 0 unspecified atom stereocenters. The number of thioether (sulfide) groups is 1. The first kappa shape index (κ1) is 23.1. The number of anilines is 1. The van der Waals surface area contributed by atoms with E-state index in [1.54, 1.807) is 4.57 Å². The van der Waals surface area contributed by atoms with Crippen LogP contribution in [0, 0.1) is 13.8 Å². The monoisotopic (exact) mass is 497 g/mol. The van der Waals surface area contributed by atoms with Crippen molar-refractivity contribution in [2.75, 3.05) is 11.1 Å². The van der Waals surface area contributed by atoms with E-state index in [1.807, 2.05) is 98.1 Å². The van der Waals surface area contributed by atoms with Crippen molar-refractivity contribution >= 4 is 44.9 Å². The smallest absolute Gasteiger partial charge is 0.268 e. The second-order valence-electron chi connectivity index (χ2n) is 8.20. The number of thiophene rings is 1. The molecule has 0 aliphatic carbocycles. The van der Waals surface area contributed by atoms with Gasteiger partial charge >= 0.3 is 0 Å². The van der Waals surface area contributed by atoms with Gasteiger partial charge in [0, 0.05) is 16.6 Å². The minimum Gasteiger partial charge on any atom is -0.325 e. The lowest BCUT2D eigenvalue weighted by molar-refractivity contribution is -0.113. The first-order valence-corrected chi connectivity index (χ1v) is 13.0. The first-order chi connectivity index (χ1) is 17.0. The van der Waals surface area contributed by atoms with Crippen molar-refractivity contribution in [3.05, 3.63) is 106 Å². The zero-order chi connectivity index (χ0) is 24.4. The molecule has 174 valence electrons. The number of amides is 1. The highest BCUT2D eigenvalue weighted by Gasteiger charge is 2.19. The number of carbonyl (C=O) groups is 1. The van der Waals surface area contributed by atoms with Crippen molar-refractivity contribution in [2.24, 2.45) is 0 Å². The van der Waals surface area contributed by atoms with Crippen LogP contribution in [0.2, 0.25) is 0 Å². The molecule has 1 amide bonds. The molecule has 3 aromatic carbocycles. The molecule has 0 saturated heterocycles. The maximum Gasteiger partial charge on any atom is 0.268 e. The van der Waals surface area contributed by atoms with Crippen LogP contribution in [-0.4, -0.2) is 21.2 Å². The minimum absolute atomic E-state index is 0.134. The first-order valence-electron chi connectivity index (χ1n) is 11.2. The van der Waals surface area contributed by atoms with E-state index >= 15 is 0 Å². The number of benzene rings is 3. The predicted octanol–water partition coefficient (Wildman–Crippen LogP) is 6.46. The summed E-state index contributed by atoms with van der Waals surface area (Å²) in [5, 5.41) is 6.00. The molecule has 7 heteroatoms. The number of aryl methyl sites for hydroxylation is 2. The third kappa shape index (κ3) is 4.78. The summed E-state index contributed by atoms with van der Waals surface area (Å²) in [7, 11) is 0. The summed E-state index contributed by atoms with van der Waals surface area (Å²) < 4.78 is 1.61. The topological polar surface area (TPSA) is 64.0 Å². The van der Waals surface area contributed by atoms with Crippen LogP contribution in [0.3, 0.4) is 0 Å². The van der Waals surface area contributed by atoms with E-state index < -0.39 is 0 Å². The van der Waals surface area contributed by atoms with Crippen molar-refractivity contribution in [1.82, 2.24) is 9.55 Å². The average Bonchev–Trinajstić information content (AvgIpc) is 3.30. The Morgan fingerprint density at radius 2 is 1.69 bits per heavy atom. The van der Waals surface area contributed by atoms with Crippen LogP contribution in [-0.2, 0) is 4.79 Å². The Kier molecular flexibility index (Phi) is 6.53. The van der Waals surface area contributed by atoms with Gasteiger partial charge in [-0.25, -0.2) is 4.98 Å². The van der Waals surface area contributed by atoms with Gasteiger partial charge in [0.15, 0.2) is 5.16 Å². The van der Waals surface area contributed by atoms with Gasteiger partial charge in [0.1, 0.15) is 4.83 Å². The van der Waals surface area contributed by atoms with E-state index in [1.165, 1.54) is 28.7 Å². The molecule has 0 aliphatic heterocycles. The fourth-order valence-electron chi connectivity index (χ4n) is 3.85. The van der Waals surface area contributed by atoms with Crippen molar-refractivity contribution in [3.63, 3.8) is 0 Å². The van der Waals surface area contributed by atoms with E-state index in [0.29, 0.717) is 21.1 Å². The van der Waals surface area contributed by atoms with Crippen LogP contribution >= 0.6 is 23.1 Å². The molecule has 5 rings (SSSR count). The van der Waals surface area contributed by atoms with Crippen LogP contribution in [0.1, 0.15) is 11.1 Å². The van der Waals surface area contributed by atoms with E-state index in [9.17, 15) is 9.59 Å². The maximum absolute atomic E-state index is 13.8. The maximum atomic E-state index is 13.8. The second kappa shape index (κ2) is 9.90. The molecule has 35 heavy (non-hydrogen) atoms. The molecule has 0 radical (unpaired) electrons. The number of carbonyl (C=O) groups excluding carboxylic acids is 1. The van der Waals surface area contributed by atoms with Crippen LogP contribution < -0.4 is 10.9 Å². The number of nitrogens with one attached hydrogen (secondary N) is 1. The van der Waals surface area contributed by atoms with Gasteiger partial charge in [-0.3, -0.25) is 14.2 Å². The zero-order valence-electron chi connectivity index (χ0n) is 19.3. The normalized spacial score (nSPS) is 11.0. The van der Waals surface area contributed by atoms with E-state index in [2.05, 4.69) is 5.32 Å². The summed E-state index contributed by atoms with van der Waals surface area (Å²) in [6.45, 7) is 4.05. The molecular weight excluding hydrogens is 474 g/mol. The van der Waals surface area contributed by atoms with Gasteiger partial charge in [-0.2, -0.15) is 0 Å². The Balaban J connectivity index is 1.51. The zero-order valence-corrected chi connectivity index (χ0v) is 21.0. The molecule has 0 spiro atoms. The molecule has 0 bridgehead atoms. The quantitative estimate of drug-likeness (QED) is 0.216. The summed E-state index contributed by atoms with van der Waals surface area (Å²) in [6.07, 6.45) is 0. The Morgan fingerprint density at radius 3 is 2.40 bits per heavy atom. The van der Waals surface area contributed by atoms with Crippen LogP contribution in [0.15, 0.2) is 94.2 Å². The highest BCUT2D eigenvalue weighted by Crippen LogP contribution is 2.33. The van der Waals surface area contributed by atoms with Gasteiger partial charge < -0.3 is 5.32 Å². The molecular formula is C28H23N3O2S2. The van der Waals surface area contributed by atoms with E-state index in [-0.39, 0.29) is 17.2 Å². The Bertz CT molecular complexity index is 1580. The van der Waals surface area contributed by atoms with Gasteiger partial charge in [0.25, 0.3) is 5.56 Å². The molecule has 2 heterocycles. The standard InChI is InChI=1S/C28H23N3O2S2/c1-18-13-14-21(15-19(18)2)29-24(32)17-35-28-30-26-25(23(16-34-26)20-9-5-3-6-10-20)27(33)31(28)22-11-7-4-8-12-22/h3-16H,17H2,1-2H3,(H,29,32). The highest BCUT2D eigenvalue weighted by molar-refractivity contribution is 7.99. The Hall–Kier alpha value is -3.68. The third-order valence-electron chi connectivity index (χ3n) is 5.80. The van der Waals surface area contributed by atoms with Crippen molar-refractivity contribution in [3.8, 4) is 16.8 Å². The van der Waals surface area contributed by atoms with Crippen molar-refractivity contribution in [1.29, 1.82) is 0 Å². The lowest BCUT2D eigenvalue weighted by Gasteiger charge is -2.13. The minimum atomic E-state index is -0.150. The van der Waals surface area contributed by atoms with Gasteiger partial charge in [-0.15, -0.1) is 11.3 Å². The number of hydrogen-bond donors (Lipinski definition) is 1.